The standard InChI is InChI=1S/C23H20ClF3N6O4/c1-13-10-14(24)6-7-17(13)36-12-19(34)28-8-9-29-20(35)21-31-18(32-37-21)11-33-16-5-3-2-4-15(16)30-22(33)23(25,26)27/h2-7,10H,8-9,11-12H2,1H3,(H,28,34)(H,29,35). The number of ether oxygens (including phenoxy) is 1. The monoisotopic (exact) mass is 536 g/mol. The predicted molar refractivity (Wildman–Crippen MR) is 125 cm³/mol. The van der Waals surface area contributed by atoms with E-state index in [9.17, 15) is 22.8 Å². The molecule has 0 saturated heterocycles. The summed E-state index contributed by atoms with van der Waals surface area (Å²) in [7, 11) is 0. The summed E-state index contributed by atoms with van der Waals surface area (Å²) in [6.07, 6.45) is -4.70. The molecule has 0 aliphatic carbocycles. The number of para-hydroxylation sites is 2. The molecule has 2 N–H and O–H groups in total. The number of hydrogen-bond acceptors (Lipinski definition) is 7. The minimum Gasteiger partial charge on any atom is -0.484 e. The summed E-state index contributed by atoms with van der Waals surface area (Å²) in [4.78, 5) is 31.7. The van der Waals surface area contributed by atoms with Gasteiger partial charge in [-0.05, 0) is 42.8 Å². The van der Waals surface area contributed by atoms with Crippen LogP contribution in [0, 0.1) is 6.92 Å². The van der Waals surface area contributed by atoms with E-state index in [2.05, 4.69) is 25.8 Å². The number of carbonyl (C=O) groups excluding carboxylic acids is 2. The van der Waals surface area contributed by atoms with Crippen molar-refractivity contribution < 1.29 is 32.0 Å². The molecule has 0 spiro atoms. The summed E-state index contributed by atoms with van der Waals surface area (Å²) in [5.41, 5.74) is 1.17. The molecule has 0 radical (unpaired) electrons. The maximum atomic E-state index is 13.5. The SMILES string of the molecule is Cc1cc(Cl)ccc1OCC(=O)NCCNC(=O)c1nc(Cn2c(C(F)(F)F)nc3ccccc32)no1. The summed E-state index contributed by atoms with van der Waals surface area (Å²) in [5.74, 6) is -2.31. The number of amides is 2. The molecule has 2 amide bonds. The van der Waals surface area contributed by atoms with Crippen molar-refractivity contribution in [2.75, 3.05) is 19.7 Å². The number of rotatable bonds is 9. The molecule has 37 heavy (non-hydrogen) atoms. The average molecular weight is 537 g/mol. The second kappa shape index (κ2) is 10.9. The number of nitrogens with one attached hydrogen (secondary N) is 2. The Bertz CT molecular complexity index is 1440. The fraction of sp³-hybridized carbons (Fsp3) is 0.261. The van der Waals surface area contributed by atoms with Crippen LogP contribution >= 0.6 is 11.6 Å². The number of halogens is 4. The lowest BCUT2D eigenvalue weighted by Crippen LogP contribution is -2.36. The van der Waals surface area contributed by atoms with Crippen molar-refractivity contribution >= 4 is 34.4 Å². The molecular weight excluding hydrogens is 517 g/mol. The fourth-order valence-corrected chi connectivity index (χ4v) is 3.65. The van der Waals surface area contributed by atoms with E-state index in [0.29, 0.717) is 10.8 Å². The van der Waals surface area contributed by atoms with Crippen LogP contribution in [0.15, 0.2) is 47.0 Å². The Morgan fingerprint density at radius 2 is 1.86 bits per heavy atom. The minimum atomic E-state index is -4.70. The smallest absolute Gasteiger partial charge is 0.449 e. The van der Waals surface area contributed by atoms with Crippen LogP contribution in [0.3, 0.4) is 0 Å². The number of aromatic nitrogens is 4. The van der Waals surface area contributed by atoms with Crippen LogP contribution in [0.5, 0.6) is 5.75 Å². The lowest BCUT2D eigenvalue weighted by molar-refractivity contribution is -0.146. The van der Waals surface area contributed by atoms with Gasteiger partial charge >= 0.3 is 18.0 Å². The van der Waals surface area contributed by atoms with Crippen molar-refractivity contribution in [2.24, 2.45) is 0 Å². The van der Waals surface area contributed by atoms with Crippen molar-refractivity contribution in [1.82, 2.24) is 30.3 Å². The summed E-state index contributed by atoms with van der Waals surface area (Å²) in [5, 5.41) is 9.21. The third-order valence-electron chi connectivity index (χ3n) is 5.10. The zero-order valence-corrected chi connectivity index (χ0v) is 20.1. The average Bonchev–Trinajstić information content (AvgIpc) is 3.47. The highest BCUT2D eigenvalue weighted by Crippen LogP contribution is 2.31. The largest absolute Gasteiger partial charge is 0.484 e. The number of fused-ring (bicyclic) bond motifs is 1. The van der Waals surface area contributed by atoms with E-state index in [-0.39, 0.29) is 36.6 Å². The molecule has 2 aromatic carbocycles. The summed E-state index contributed by atoms with van der Waals surface area (Å²) >= 11 is 5.88. The zero-order chi connectivity index (χ0) is 26.6. The molecule has 0 aliphatic heterocycles. The van der Waals surface area contributed by atoms with Crippen molar-refractivity contribution in [1.29, 1.82) is 0 Å². The Kier molecular flexibility index (Phi) is 7.62. The Labute approximate surface area is 212 Å². The molecule has 0 saturated carbocycles. The number of alkyl halides is 3. The second-order valence-corrected chi connectivity index (χ2v) is 8.26. The van der Waals surface area contributed by atoms with Gasteiger partial charge in [0.1, 0.15) is 5.75 Å². The minimum absolute atomic E-state index is 0.0344. The van der Waals surface area contributed by atoms with E-state index >= 15 is 0 Å². The van der Waals surface area contributed by atoms with Crippen LogP contribution in [0.4, 0.5) is 13.2 Å². The van der Waals surface area contributed by atoms with E-state index in [1.54, 1.807) is 37.3 Å². The highest BCUT2D eigenvalue weighted by molar-refractivity contribution is 6.30. The van der Waals surface area contributed by atoms with Gasteiger partial charge in [0.25, 0.3) is 5.91 Å². The molecule has 14 heteroatoms. The summed E-state index contributed by atoms with van der Waals surface area (Å²) < 4.78 is 51.6. The van der Waals surface area contributed by atoms with Crippen LogP contribution in [-0.4, -0.2) is 51.2 Å². The first kappa shape index (κ1) is 25.9. The van der Waals surface area contributed by atoms with Crippen LogP contribution in [0.25, 0.3) is 11.0 Å². The number of nitrogens with zero attached hydrogens (tertiary/aromatic N) is 4. The van der Waals surface area contributed by atoms with E-state index in [1.807, 2.05) is 0 Å². The lowest BCUT2D eigenvalue weighted by atomic mass is 10.2. The maximum absolute atomic E-state index is 13.5. The summed E-state index contributed by atoms with van der Waals surface area (Å²) in [6, 6.07) is 11.1. The number of carbonyl (C=O) groups is 2. The third kappa shape index (κ3) is 6.36. The van der Waals surface area contributed by atoms with Gasteiger partial charge in [-0.2, -0.15) is 18.2 Å². The number of benzene rings is 2. The molecule has 0 atom stereocenters. The quantitative estimate of drug-likeness (QED) is 0.314. The molecule has 4 aromatic rings. The van der Waals surface area contributed by atoms with Gasteiger partial charge < -0.3 is 24.5 Å². The highest BCUT2D eigenvalue weighted by atomic mass is 35.5. The first-order chi connectivity index (χ1) is 17.6. The predicted octanol–water partition coefficient (Wildman–Crippen LogP) is 3.37. The van der Waals surface area contributed by atoms with Crippen molar-refractivity contribution in [3.8, 4) is 5.75 Å². The Morgan fingerprint density at radius 3 is 2.62 bits per heavy atom. The van der Waals surface area contributed by atoms with Crippen LogP contribution in [-0.2, 0) is 17.5 Å². The third-order valence-corrected chi connectivity index (χ3v) is 5.33. The highest BCUT2D eigenvalue weighted by Gasteiger charge is 2.38. The van der Waals surface area contributed by atoms with Crippen LogP contribution in [0.2, 0.25) is 5.02 Å². The van der Waals surface area contributed by atoms with Crippen molar-refractivity contribution in [3.63, 3.8) is 0 Å². The Hall–Kier alpha value is -4.13. The molecular formula is C23H20ClF3N6O4. The Morgan fingerprint density at radius 1 is 1.11 bits per heavy atom. The van der Waals surface area contributed by atoms with Crippen LogP contribution < -0.4 is 15.4 Å². The van der Waals surface area contributed by atoms with Gasteiger partial charge in [-0.1, -0.05) is 28.9 Å². The van der Waals surface area contributed by atoms with Gasteiger partial charge in [0.15, 0.2) is 12.4 Å². The molecule has 2 heterocycles. The molecule has 0 bridgehead atoms. The van der Waals surface area contributed by atoms with Gasteiger partial charge in [0.2, 0.25) is 5.82 Å². The lowest BCUT2D eigenvalue weighted by Gasteiger charge is -2.10. The van der Waals surface area contributed by atoms with Gasteiger partial charge in [-0.25, -0.2) is 4.98 Å². The van der Waals surface area contributed by atoms with Gasteiger partial charge in [0, 0.05) is 18.1 Å². The van der Waals surface area contributed by atoms with E-state index in [1.165, 1.54) is 12.1 Å². The normalized spacial score (nSPS) is 11.5. The fourth-order valence-electron chi connectivity index (χ4n) is 3.43. The topological polar surface area (TPSA) is 124 Å². The van der Waals surface area contributed by atoms with E-state index < -0.39 is 36.3 Å². The number of aryl methyl sites for hydroxylation is 1. The van der Waals surface area contributed by atoms with Crippen molar-refractivity contribution in [3.05, 3.63) is 70.6 Å². The summed E-state index contributed by atoms with van der Waals surface area (Å²) in [6.45, 7) is 1.28. The first-order valence-electron chi connectivity index (χ1n) is 10.9. The molecule has 0 fully saturated rings. The molecule has 4 rings (SSSR count). The van der Waals surface area contributed by atoms with E-state index in [4.69, 9.17) is 20.9 Å². The Balaban J connectivity index is 1.27. The second-order valence-electron chi connectivity index (χ2n) is 7.83. The molecule has 2 aromatic heterocycles. The van der Waals surface area contributed by atoms with Gasteiger partial charge in [0.05, 0.1) is 17.6 Å². The maximum Gasteiger partial charge on any atom is 0.449 e. The molecule has 194 valence electrons. The van der Waals surface area contributed by atoms with Gasteiger partial charge in [-0.15, -0.1) is 0 Å². The van der Waals surface area contributed by atoms with Crippen molar-refractivity contribution in [2.45, 2.75) is 19.6 Å². The molecule has 0 aliphatic rings. The first-order valence-corrected chi connectivity index (χ1v) is 11.3. The number of imidazole rings is 1. The van der Waals surface area contributed by atoms with Crippen LogP contribution in [0.1, 0.15) is 27.9 Å². The zero-order valence-electron chi connectivity index (χ0n) is 19.3. The van der Waals surface area contributed by atoms with E-state index in [0.717, 1.165) is 10.1 Å². The van der Waals surface area contributed by atoms with Gasteiger partial charge in [-0.3, -0.25) is 9.59 Å². The molecule has 10 nitrogen and oxygen atoms in total. The number of hydrogen-bond donors (Lipinski definition) is 2. The molecule has 0 unspecified atom stereocenters.